The third-order valence-electron chi connectivity index (χ3n) is 2.80. The highest BCUT2D eigenvalue weighted by Gasteiger charge is 2.17. The molecule has 0 aromatic carbocycles. The van der Waals surface area contributed by atoms with Gasteiger partial charge in [0.25, 0.3) is 0 Å². The van der Waals surface area contributed by atoms with E-state index in [0.717, 1.165) is 18.4 Å². The summed E-state index contributed by atoms with van der Waals surface area (Å²) in [5, 5.41) is 0. The van der Waals surface area contributed by atoms with Crippen LogP contribution in [-0.4, -0.2) is 17.3 Å². The monoisotopic (exact) mass is 212 g/mol. The minimum atomic E-state index is 0.397. The summed E-state index contributed by atoms with van der Waals surface area (Å²) in [4.78, 5) is 11.6. The lowest BCUT2D eigenvalue weighted by Gasteiger charge is -2.20. The minimum Gasteiger partial charge on any atom is -0.299 e. The molecule has 1 saturated heterocycles. The lowest BCUT2D eigenvalue weighted by molar-refractivity contribution is -0.119. The molecule has 1 aliphatic rings. The van der Waals surface area contributed by atoms with Crippen molar-refractivity contribution in [2.24, 2.45) is 5.92 Å². The maximum absolute atomic E-state index is 11.6. The molecule has 0 unspecified atom stereocenters. The molecule has 2 heteroatoms. The Balaban J connectivity index is 2.21. The summed E-state index contributed by atoms with van der Waals surface area (Å²) in [6.07, 6.45) is 4.80. The average Bonchev–Trinajstić information content (AvgIpc) is 2.19. The van der Waals surface area contributed by atoms with Gasteiger partial charge in [-0.3, -0.25) is 4.79 Å². The van der Waals surface area contributed by atoms with Gasteiger partial charge in [0.05, 0.1) is 0 Å². The normalized spacial score (nSPS) is 18.1. The first kappa shape index (κ1) is 11.8. The largest absolute Gasteiger partial charge is 0.299 e. The van der Waals surface area contributed by atoms with Crippen LogP contribution in [0.4, 0.5) is 0 Å². The molecule has 1 aliphatic heterocycles. The van der Waals surface area contributed by atoms with Crippen LogP contribution >= 0.6 is 11.8 Å². The van der Waals surface area contributed by atoms with Crippen LogP contribution in [0.15, 0.2) is 12.2 Å². The number of allylic oxidation sites excluding steroid dienone is 1. The number of carbonyl (C=O) groups is 1. The Morgan fingerprint density at radius 3 is 2.64 bits per heavy atom. The summed E-state index contributed by atoms with van der Waals surface area (Å²) < 4.78 is 0. The SMILES string of the molecule is C=C(CC)CC(=O)CC1CCSCC1. The minimum absolute atomic E-state index is 0.397. The molecule has 1 fully saturated rings. The van der Waals surface area contributed by atoms with Gasteiger partial charge < -0.3 is 0 Å². The number of hydrogen-bond acceptors (Lipinski definition) is 2. The van der Waals surface area contributed by atoms with E-state index < -0.39 is 0 Å². The zero-order chi connectivity index (χ0) is 10.4. The van der Waals surface area contributed by atoms with Crippen LogP contribution in [0, 0.1) is 5.92 Å². The van der Waals surface area contributed by atoms with Gasteiger partial charge in [0.15, 0.2) is 0 Å². The van der Waals surface area contributed by atoms with Crippen molar-refractivity contribution in [1.29, 1.82) is 0 Å². The molecule has 0 bridgehead atoms. The third kappa shape index (κ3) is 4.32. The zero-order valence-electron chi connectivity index (χ0n) is 9.05. The van der Waals surface area contributed by atoms with Crippen molar-refractivity contribution < 1.29 is 4.79 Å². The standard InChI is InChI=1S/C12H20OS/c1-3-10(2)8-12(13)9-11-4-6-14-7-5-11/h11H,2-9H2,1H3. The third-order valence-corrected chi connectivity index (χ3v) is 3.85. The first-order chi connectivity index (χ1) is 6.72. The van der Waals surface area contributed by atoms with Gasteiger partial charge in [-0.25, -0.2) is 0 Å². The quantitative estimate of drug-likeness (QED) is 0.649. The number of carbonyl (C=O) groups excluding carboxylic acids is 1. The highest BCUT2D eigenvalue weighted by atomic mass is 32.2. The van der Waals surface area contributed by atoms with Crippen LogP contribution in [0.5, 0.6) is 0 Å². The second-order valence-electron chi connectivity index (χ2n) is 4.08. The number of Topliss-reactive ketones (excluding diaryl/α,β-unsaturated/α-hetero) is 1. The number of rotatable bonds is 5. The number of hydrogen-bond donors (Lipinski definition) is 0. The summed E-state index contributed by atoms with van der Waals surface area (Å²) in [6.45, 7) is 5.94. The Bertz CT molecular complexity index is 204. The van der Waals surface area contributed by atoms with Gasteiger partial charge in [-0.15, -0.1) is 0 Å². The fourth-order valence-corrected chi connectivity index (χ4v) is 2.95. The molecule has 1 rings (SSSR count). The van der Waals surface area contributed by atoms with Gasteiger partial charge in [0.1, 0.15) is 5.78 Å². The van der Waals surface area contributed by atoms with Crippen molar-refractivity contribution in [3.05, 3.63) is 12.2 Å². The molecule has 80 valence electrons. The second-order valence-corrected chi connectivity index (χ2v) is 5.30. The van der Waals surface area contributed by atoms with Crippen molar-refractivity contribution in [2.75, 3.05) is 11.5 Å². The van der Waals surface area contributed by atoms with Gasteiger partial charge in [-0.05, 0) is 36.7 Å². The fourth-order valence-electron chi connectivity index (χ4n) is 1.75. The molecule has 0 aliphatic carbocycles. The molecular formula is C12H20OS. The van der Waals surface area contributed by atoms with Gasteiger partial charge in [-0.1, -0.05) is 19.1 Å². The van der Waals surface area contributed by atoms with Crippen LogP contribution < -0.4 is 0 Å². The predicted molar refractivity (Wildman–Crippen MR) is 63.7 cm³/mol. The molecule has 1 heterocycles. The van der Waals surface area contributed by atoms with E-state index in [1.165, 1.54) is 24.3 Å². The van der Waals surface area contributed by atoms with Crippen LogP contribution in [-0.2, 0) is 4.79 Å². The van der Waals surface area contributed by atoms with Crippen molar-refractivity contribution >= 4 is 17.5 Å². The second kappa shape index (κ2) is 6.28. The van der Waals surface area contributed by atoms with Crippen LogP contribution in [0.2, 0.25) is 0 Å². The number of ketones is 1. The fraction of sp³-hybridized carbons (Fsp3) is 0.750. The van der Waals surface area contributed by atoms with Crippen LogP contribution in [0.1, 0.15) is 39.0 Å². The van der Waals surface area contributed by atoms with E-state index in [4.69, 9.17) is 0 Å². The average molecular weight is 212 g/mol. The Labute approximate surface area is 91.3 Å². The molecule has 0 atom stereocenters. The first-order valence-electron chi connectivity index (χ1n) is 5.48. The van der Waals surface area contributed by atoms with E-state index >= 15 is 0 Å². The molecule has 0 spiro atoms. The molecular weight excluding hydrogens is 192 g/mol. The van der Waals surface area contributed by atoms with Crippen molar-refractivity contribution in [3.63, 3.8) is 0 Å². The van der Waals surface area contributed by atoms with E-state index in [-0.39, 0.29) is 0 Å². The van der Waals surface area contributed by atoms with Crippen LogP contribution in [0.25, 0.3) is 0 Å². The molecule has 0 radical (unpaired) electrons. The lowest BCUT2D eigenvalue weighted by atomic mass is 9.94. The molecule has 14 heavy (non-hydrogen) atoms. The molecule has 0 N–H and O–H groups in total. The number of thioether (sulfide) groups is 1. The zero-order valence-corrected chi connectivity index (χ0v) is 9.87. The van der Waals surface area contributed by atoms with Gasteiger partial charge in [0.2, 0.25) is 0 Å². The summed E-state index contributed by atoms with van der Waals surface area (Å²) in [5.74, 6) is 3.54. The predicted octanol–water partition coefficient (Wildman–Crippen LogP) is 3.45. The van der Waals surface area contributed by atoms with E-state index in [0.29, 0.717) is 18.1 Å². The van der Waals surface area contributed by atoms with Crippen LogP contribution in [0.3, 0.4) is 0 Å². The summed E-state index contributed by atoms with van der Waals surface area (Å²) in [5.41, 5.74) is 1.08. The van der Waals surface area contributed by atoms with E-state index in [1.54, 1.807) is 0 Å². The maximum atomic E-state index is 11.6. The van der Waals surface area contributed by atoms with Crippen molar-refractivity contribution in [1.82, 2.24) is 0 Å². The topological polar surface area (TPSA) is 17.1 Å². The van der Waals surface area contributed by atoms with Crippen molar-refractivity contribution in [3.8, 4) is 0 Å². The molecule has 0 saturated carbocycles. The van der Waals surface area contributed by atoms with E-state index in [2.05, 4.69) is 13.5 Å². The van der Waals surface area contributed by atoms with Gasteiger partial charge in [-0.2, -0.15) is 11.8 Å². The van der Waals surface area contributed by atoms with E-state index in [9.17, 15) is 4.79 Å². The first-order valence-corrected chi connectivity index (χ1v) is 6.64. The Hall–Kier alpha value is -0.240. The summed E-state index contributed by atoms with van der Waals surface area (Å²) in [6, 6.07) is 0. The molecule has 0 aromatic heterocycles. The maximum Gasteiger partial charge on any atom is 0.137 e. The smallest absolute Gasteiger partial charge is 0.137 e. The highest BCUT2D eigenvalue weighted by Crippen LogP contribution is 2.26. The molecule has 0 amide bonds. The lowest BCUT2D eigenvalue weighted by Crippen LogP contribution is -2.14. The molecule has 1 nitrogen and oxygen atoms in total. The van der Waals surface area contributed by atoms with E-state index in [1.807, 2.05) is 11.8 Å². The Morgan fingerprint density at radius 2 is 2.07 bits per heavy atom. The Kier molecular flexibility index (Phi) is 5.31. The summed E-state index contributed by atoms with van der Waals surface area (Å²) >= 11 is 2.02. The molecule has 0 aromatic rings. The van der Waals surface area contributed by atoms with Gasteiger partial charge in [0, 0.05) is 12.8 Å². The highest BCUT2D eigenvalue weighted by molar-refractivity contribution is 7.99. The Morgan fingerprint density at radius 1 is 1.43 bits per heavy atom. The van der Waals surface area contributed by atoms with Gasteiger partial charge >= 0.3 is 0 Å². The van der Waals surface area contributed by atoms with Crippen molar-refractivity contribution in [2.45, 2.75) is 39.0 Å². The summed E-state index contributed by atoms with van der Waals surface area (Å²) in [7, 11) is 0.